The van der Waals surface area contributed by atoms with Gasteiger partial charge in [-0.15, -0.1) is 0 Å². The number of halogens is 2. The lowest BCUT2D eigenvalue weighted by Gasteiger charge is -2.33. The normalized spacial score (nSPS) is 13.0. The van der Waals surface area contributed by atoms with Gasteiger partial charge in [0.05, 0.1) is 29.1 Å². The average molecular weight is 559 g/mol. The van der Waals surface area contributed by atoms with Crippen LogP contribution in [0.2, 0.25) is 10.0 Å². The maximum atomic E-state index is 13.7. The summed E-state index contributed by atoms with van der Waals surface area (Å²) in [5.74, 6) is -0.241. The standard InChI is InChI=1S/C25H33Cl2N3O5S/c1-6-17(3)28-25(32)23(7-2)29(15-18-9-8-10-20(13-18)35-4)24(31)16-30(36(5,33)34)19-11-12-21(26)22(27)14-19/h8-14,17,23H,6-7,15-16H2,1-5H3,(H,28,32)/t17-,23-/m0/s1. The molecular formula is C25H33Cl2N3O5S. The number of anilines is 1. The average Bonchev–Trinajstić information content (AvgIpc) is 2.83. The van der Waals surface area contributed by atoms with Crippen LogP contribution in [-0.4, -0.2) is 57.1 Å². The third-order valence-electron chi connectivity index (χ3n) is 5.74. The van der Waals surface area contributed by atoms with Crippen LogP contribution in [0.15, 0.2) is 42.5 Å². The van der Waals surface area contributed by atoms with Crippen LogP contribution in [0.5, 0.6) is 5.75 Å². The number of rotatable bonds is 12. The summed E-state index contributed by atoms with van der Waals surface area (Å²) in [5, 5.41) is 3.34. The zero-order valence-corrected chi connectivity index (χ0v) is 23.5. The number of ether oxygens (including phenoxy) is 1. The molecule has 11 heteroatoms. The lowest BCUT2D eigenvalue weighted by Crippen LogP contribution is -2.53. The quantitative estimate of drug-likeness (QED) is 0.414. The second-order valence-corrected chi connectivity index (χ2v) is 11.2. The fourth-order valence-electron chi connectivity index (χ4n) is 3.58. The monoisotopic (exact) mass is 557 g/mol. The van der Waals surface area contributed by atoms with Crippen molar-refractivity contribution in [3.8, 4) is 5.75 Å². The molecule has 198 valence electrons. The van der Waals surface area contributed by atoms with Gasteiger partial charge in [-0.25, -0.2) is 8.42 Å². The summed E-state index contributed by atoms with van der Waals surface area (Å²) < 4.78 is 31.6. The molecular weight excluding hydrogens is 525 g/mol. The minimum atomic E-state index is -3.87. The van der Waals surface area contributed by atoms with Gasteiger partial charge in [-0.1, -0.05) is 49.2 Å². The van der Waals surface area contributed by atoms with Crippen molar-refractivity contribution in [1.82, 2.24) is 10.2 Å². The van der Waals surface area contributed by atoms with Crippen LogP contribution in [-0.2, 0) is 26.2 Å². The number of benzene rings is 2. The van der Waals surface area contributed by atoms with E-state index >= 15 is 0 Å². The number of hydrogen-bond acceptors (Lipinski definition) is 5. The first-order valence-electron chi connectivity index (χ1n) is 11.6. The Labute approximate surface area is 223 Å². The Hall–Kier alpha value is -2.49. The highest BCUT2D eigenvalue weighted by atomic mass is 35.5. The fourth-order valence-corrected chi connectivity index (χ4v) is 4.72. The molecule has 2 atom stereocenters. The first-order chi connectivity index (χ1) is 16.9. The summed E-state index contributed by atoms with van der Waals surface area (Å²) in [7, 11) is -2.33. The van der Waals surface area contributed by atoms with E-state index in [4.69, 9.17) is 27.9 Å². The highest BCUT2D eigenvalue weighted by Gasteiger charge is 2.32. The molecule has 2 aromatic rings. The Kier molecular flexibility index (Phi) is 10.9. The highest BCUT2D eigenvalue weighted by molar-refractivity contribution is 7.92. The Balaban J connectivity index is 2.47. The zero-order chi connectivity index (χ0) is 27.0. The molecule has 0 saturated heterocycles. The molecule has 2 amide bonds. The van der Waals surface area contributed by atoms with E-state index in [9.17, 15) is 18.0 Å². The van der Waals surface area contributed by atoms with Gasteiger partial charge < -0.3 is 15.0 Å². The molecule has 0 aliphatic rings. The topological polar surface area (TPSA) is 96.0 Å². The smallest absolute Gasteiger partial charge is 0.244 e. The van der Waals surface area contributed by atoms with Crippen LogP contribution in [0.25, 0.3) is 0 Å². The Morgan fingerprint density at radius 1 is 1.06 bits per heavy atom. The van der Waals surface area contributed by atoms with Gasteiger partial charge in [0.25, 0.3) is 0 Å². The molecule has 0 aliphatic heterocycles. The van der Waals surface area contributed by atoms with Gasteiger partial charge in [0.2, 0.25) is 21.8 Å². The van der Waals surface area contributed by atoms with Crippen molar-refractivity contribution >= 4 is 50.7 Å². The van der Waals surface area contributed by atoms with Crippen molar-refractivity contribution in [3.05, 3.63) is 58.1 Å². The van der Waals surface area contributed by atoms with E-state index in [1.165, 1.54) is 30.2 Å². The summed E-state index contributed by atoms with van der Waals surface area (Å²) >= 11 is 12.1. The van der Waals surface area contributed by atoms with Gasteiger partial charge in [-0.05, 0) is 55.7 Å². The lowest BCUT2D eigenvalue weighted by atomic mass is 10.1. The van der Waals surface area contributed by atoms with Crippen molar-refractivity contribution in [2.24, 2.45) is 0 Å². The number of methoxy groups -OCH3 is 1. The van der Waals surface area contributed by atoms with Gasteiger partial charge in [-0.2, -0.15) is 0 Å². The van der Waals surface area contributed by atoms with E-state index < -0.39 is 28.5 Å². The molecule has 2 rings (SSSR count). The van der Waals surface area contributed by atoms with E-state index in [1.54, 1.807) is 25.1 Å². The summed E-state index contributed by atoms with van der Waals surface area (Å²) in [6.45, 7) is 5.20. The molecule has 0 aromatic heterocycles. The first-order valence-corrected chi connectivity index (χ1v) is 14.2. The van der Waals surface area contributed by atoms with Gasteiger partial charge in [0, 0.05) is 12.6 Å². The Morgan fingerprint density at radius 3 is 2.31 bits per heavy atom. The molecule has 0 spiro atoms. The van der Waals surface area contributed by atoms with E-state index in [1.807, 2.05) is 19.9 Å². The fraction of sp³-hybridized carbons (Fsp3) is 0.440. The molecule has 0 unspecified atom stereocenters. The second kappa shape index (κ2) is 13.2. The number of nitrogens with zero attached hydrogens (tertiary/aromatic N) is 2. The van der Waals surface area contributed by atoms with E-state index in [-0.39, 0.29) is 34.2 Å². The van der Waals surface area contributed by atoms with E-state index in [0.29, 0.717) is 12.2 Å². The number of sulfonamides is 1. The molecule has 0 aliphatic carbocycles. The summed E-state index contributed by atoms with van der Waals surface area (Å²) in [6, 6.07) is 10.6. The minimum Gasteiger partial charge on any atom is -0.497 e. The SMILES string of the molecule is CC[C@H](C)NC(=O)[C@H](CC)N(Cc1cccc(OC)c1)C(=O)CN(c1ccc(Cl)c(Cl)c1)S(C)(=O)=O. The number of amides is 2. The summed E-state index contributed by atoms with van der Waals surface area (Å²) in [5.41, 5.74) is 0.927. The Bertz CT molecular complexity index is 1180. The van der Waals surface area contributed by atoms with E-state index in [0.717, 1.165) is 22.5 Å². The predicted octanol–water partition coefficient (Wildman–Crippen LogP) is 4.49. The molecule has 0 heterocycles. The van der Waals surface area contributed by atoms with Crippen molar-refractivity contribution in [1.29, 1.82) is 0 Å². The predicted molar refractivity (Wildman–Crippen MR) is 144 cm³/mol. The summed E-state index contributed by atoms with van der Waals surface area (Å²) in [4.78, 5) is 28.2. The van der Waals surface area contributed by atoms with Gasteiger partial charge in [0.1, 0.15) is 18.3 Å². The second-order valence-electron chi connectivity index (χ2n) is 8.48. The highest BCUT2D eigenvalue weighted by Crippen LogP contribution is 2.29. The third kappa shape index (κ3) is 8.01. The van der Waals surface area contributed by atoms with Crippen LogP contribution in [0.4, 0.5) is 5.69 Å². The van der Waals surface area contributed by atoms with Crippen LogP contribution in [0, 0.1) is 0 Å². The van der Waals surface area contributed by atoms with Crippen molar-refractivity contribution in [2.45, 2.75) is 52.2 Å². The molecule has 0 radical (unpaired) electrons. The molecule has 0 bridgehead atoms. The minimum absolute atomic E-state index is 0.0796. The lowest BCUT2D eigenvalue weighted by molar-refractivity contribution is -0.140. The van der Waals surface area contributed by atoms with E-state index in [2.05, 4.69) is 5.32 Å². The van der Waals surface area contributed by atoms with Crippen LogP contribution in [0.1, 0.15) is 39.2 Å². The number of carbonyl (C=O) groups excluding carboxylic acids is 2. The van der Waals surface area contributed by atoms with Crippen LogP contribution >= 0.6 is 23.2 Å². The largest absolute Gasteiger partial charge is 0.497 e. The molecule has 0 saturated carbocycles. The van der Waals surface area contributed by atoms with Crippen molar-refractivity contribution in [3.63, 3.8) is 0 Å². The number of carbonyl (C=O) groups is 2. The third-order valence-corrected chi connectivity index (χ3v) is 7.62. The molecule has 36 heavy (non-hydrogen) atoms. The van der Waals surface area contributed by atoms with Gasteiger partial charge >= 0.3 is 0 Å². The molecule has 0 fully saturated rings. The molecule has 8 nitrogen and oxygen atoms in total. The molecule has 2 aromatic carbocycles. The van der Waals surface area contributed by atoms with Crippen LogP contribution < -0.4 is 14.4 Å². The maximum absolute atomic E-state index is 13.7. The number of nitrogens with one attached hydrogen (secondary N) is 1. The first kappa shape index (κ1) is 29.7. The van der Waals surface area contributed by atoms with Crippen molar-refractivity contribution in [2.75, 3.05) is 24.2 Å². The van der Waals surface area contributed by atoms with Gasteiger partial charge in [0.15, 0.2) is 0 Å². The van der Waals surface area contributed by atoms with Gasteiger partial charge in [-0.3, -0.25) is 13.9 Å². The molecule has 1 N–H and O–H groups in total. The van der Waals surface area contributed by atoms with Crippen LogP contribution in [0.3, 0.4) is 0 Å². The number of hydrogen-bond donors (Lipinski definition) is 1. The maximum Gasteiger partial charge on any atom is 0.244 e. The Morgan fingerprint density at radius 2 is 1.75 bits per heavy atom. The summed E-state index contributed by atoms with van der Waals surface area (Å²) in [6.07, 6.45) is 2.07. The van der Waals surface area contributed by atoms with Crippen molar-refractivity contribution < 1.29 is 22.7 Å². The zero-order valence-electron chi connectivity index (χ0n) is 21.1.